The second kappa shape index (κ2) is 12.6. The molecule has 1 amide bonds. The predicted molar refractivity (Wildman–Crippen MR) is 153 cm³/mol. The topological polar surface area (TPSA) is 115 Å². The molecule has 0 fully saturated rings. The highest BCUT2D eigenvalue weighted by Gasteiger charge is 2.48. The highest BCUT2D eigenvalue weighted by Crippen LogP contribution is 2.33. The number of fused-ring (bicyclic) bond motifs is 1. The molecule has 1 aliphatic rings. The molecule has 5 rings (SSSR count). The number of hydrogen-bond acceptors (Lipinski definition) is 8. The average molecular weight is 615 g/mol. The summed E-state index contributed by atoms with van der Waals surface area (Å²) in [6, 6.07) is 20.6. The predicted octanol–water partition coefficient (Wildman–Crippen LogP) is 5.98. The number of carbonyl (C=O) groups excluding carboxylic acids is 1. The lowest BCUT2D eigenvalue weighted by molar-refractivity contribution is -0.0500. The van der Waals surface area contributed by atoms with Gasteiger partial charge < -0.3 is 18.9 Å². The quantitative estimate of drug-likeness (QED) is 0.132. The van der Waals surface area contributed by atoms with Crippen molar-refractivity contribution >= 4 is 21.7 Å². The number of benzene rings is 3. The number of nitrogens with one attached hydrogen (secondary N) is 1. The van der Waals surface area contributed by atoms with Crippen LogP contribution in [0.3, 0.4) is 0 Å². The maximum absolute atomic E-state index is 13.6. The van der Waals surface area contributed by atoms with E-state index in [9.17, 15) is 26.4 Å². The number of alkyl halides is 3. The summed E-state index contributed by atoms with van der Waals surface area (Å²) >= 11 is 0. The van der Waals surface area contributed by atoms with Gasteiger partial charge in [0.05, 0.1) is 0 Å². The Kier molecular flexibility index (Phi) is 8.83. The first-order valence-corrected chi connectivity index (χ1v) is 15.0. The van der Waals surface area contributed by atoms with E-state index < -0.39 is 15.6 Å². The molecular formula is C30H29F3N4O5S. The van der Waals surface area contributed by atoms with Gasteiger partial charge >= 0.3 is 15.6 Å². The third-order valence-corrected chi connectivity index (χ3v) is 8.12. The van der Waals surface area contributed by atoms with Gasteiger partial charge in [0.2, 0.25) is 11.7 Å². The Morgan fingerprint density at radius 3 is 2.58 bits per heavy atom. The number of unbranched alkanes of at least 4 members (excludes halogenated alkanes) is 1. The van der Waals surface area contributed by atoms with Gasteiger partial charge in [0.1, 0.15) is 5.75 Å². The van der Waals surface area contributed by atoms with Gasteiger partial charge in [0.15, 0.2) is 0 Å². The Bertz CT molecular complexity index is 1690. The van der Waals surface area contributed by atoms with E-state index in [1.165, 1.54) is 12.1 Å². The number of carbonyl (C=O) groups is 1. The smallest absolute Gasteiger partial charge is 0.376 e. The van der Waals surface area contributed by atoms with Crippen molar-refractivity contribution in [2.75, 3.05) is 18.0 Å². The maximum Gasteiger partial charge on any atom is 0.534 e. The van der Waals surface area contributed by atoms with Crippen LogP contribution in [0.15, 0.2) is 77.3 Å². The molecule has 3 aromatic carbocycles. The Labute approximate surface area is 246 Å². The summed E-state index contributed by atoms with van der Waals surface area (Å²) in [7, 11) is -5.75. The van der Waals surface area contributed by atoms with Crippen molar-refractivity contribution in [2.45, 2.75) is 44.2 Å². The van der Waals surface area contributed by atoms with Crippen molar-refractivity contribution < 1.29 is 35.1 Å². The van der Waals surface area contributed by atoms with Crippen LogP contribution < -0.4 is 14.4 Å². The van der Waals surface area contributed by atoms with Crippen molar-refractivity contribution in [1.82, 2.24) is 15.5 Å². The van der Waals surface area contributed by atoms with Crippen molar-refractivity contribution in [3.63, 3.8) is 0 Å². The van der Waals surface area contributed by atoms with Gasteiger partial charge in [-0.1, -0.05) is 48.0 Å². The molecule has 1 unspecified atom stereocenters. The largest absolute Gasteiger partial charge is 0.534 e. The standard InChI is InChI=1S/C30H29F3N4O5S/c1-20-35-28(36-41-20)22-11-7-12-25(16-22)37(29(38)21-8-3-2-4-9-21)15-6-5-10-23-18-34-19-24-17-26(13-14-27(23)24)42-43(39,40)30(31,32)33/h2-4,7-9,11-14,16-17,23,34H,5-6,10,15,18-19H2,1H3. The molecule has 0 aliphatic carbocycles. The summed E-state index contributed by atoms with van der Waals surface area (Å²) in [6.45, 7) is 3.19. The van der Waals surface area contributed by atoms with Gasteiger partial charge in [-0.15, -0.1) is 0 Å². The number of anilines is 1. The fourth-order valence-corrected chi connectivity index (χ4v) is 5.53. The number of hydrogen-bond donors (Lipinski definition) is 1. The van der Waals surface area contributed by atoms with Crippen LogP contribution in [-0.4, -0.2) is 43.1 Å². The Morgan fingerprint density at radius 1 is 1.07 bits per heavy atom. The molecule has 226 valence electrons. The minimum Gasteiger partial charge on any atom is -0.376 e. The number of amides is 1. The third-order valence-electron chi connectivity index (χ3n) is 7.14. The number of rotatable bonds is 10. The van der Waals surface area contributed by atoms with Crippen molar-refractivity contribution in [3.05, 3.63) is 95.4 Å². The fourth-order valence-electron chi connectivity index (χ4n) is 5.08. The van der Waals surface area contributed by atoms with Gasteiger partial charge in [-0.2, -0.15) is 26.6 Å². The molecule has 43 heavy (non-hydrogen) atoms. The molecule has 13 heteroatoms. The van der Waals surface area contributed by atoms with Gasteiger partial charge in [0.25, 0.3) is 5.91 Å². The number of halogens is 3. The van der Waals surface area contributed by atoms with Crippen LogP contribution in [0.1, 0.15) is 52.6 Å². The molecule has 1 atom stereocenters. The van der Waals surface area contributed by atoms with Crippen molar-refractivity contribution in [2.24, 2.45) is 0 Å². The van der Waals surface area contributed by atoms with E-state index >= 15 is 0 Å². The summed E-state index contributed by atoms with van der Waals surface area (Å²) < 4.78 is 70.5. The Hall–Kier alpha value is -4.23. The van der Waals surface area contributed by atoms with E-state index in [0.29, 0.717) is 54.6 Å². The van der Waals surface area contributed by atoms with Crippen LogP contribution in [0.4, 0.5) is 18.9 Å². The second-order valence-electron chi connectivity index (χ2n) is 10.2. The van der Waals surface area contributed by atoms with E-state index in [-0.39, 0.29) is 17.6 Å². The first kappa shape index (κ1) is 30.2. The minimum absolute atomic E-state index is 0.0557. The van der Waals surface area contributed by atoms with Gasteiger partial charge in [0, 0.05) is 43.4 Å². The summed E-state index contributed by atoms with van der Waals surface area (Å²) in [5, 5.41) is 7.22. The molecule has 0 saturated carbocycles. The zero-order valence-corrected chi connectivity index (χ0v) is 24.0. The lowest BCUT2D eigenvalue weighted by Gasteiger charge is -2.28. The van der Waals surface area contributed by atoms with E-state index in [4.69, 9.17) is 4.52 Å². The fraction of sp³-hybridized carbons (Fsp3) is 0.300. The normalized spacial score (nSPS) is 15.1. The molecule has 2 heterocycles. The monoisotopic (exact) mass is 614 g/mol. The molecule has 0 radical (unpaired) electrons. The van der Waals surface area contributed by atoms with Gasteiger partial charge in [-0.05, 0) is 66.3 Å². The lowest BCUT2D eigenvalue weighted by Crippen LogP contribution is -2.32. The van der Waals surface area contributed by atoms with Gasteiger partial charge in [-0.25, -0.2) is 0 Å². The molecule has 0 spiro atoms. The van der Waals surface area contributed by atoms with Crippen LogP contribution in [0.25, 0.3) is 11.4 Å². The molecule has 1 N–H and O–H groups in total. The second-order valence-corrected chi connectivity index (χ2v) is 11.7. The third kappa shape index (κ3) is 7.05. The summed E-state index contributed by atoms with van der Waals surface area (Å²) in [5.74, 6) is 0.394. The summed E-state index contributed by atoms with van der Waals surface area (Å²) in [5.41, 5.74) is -1.93. The zero-order chi connectivity index (χ0) is 30.6. The lowest BCUT2D eigenvalue weighted by atomic mass is 9.87. The number of aromatic nitrogens is 2. The van der Waals surface area contributed by atoms with Crippen LogP contribution in [0.2, 0.25) is 0 Å². The first-order valence-electron chi connectivity index (χ1n) is 13.6. The summed E-state index contributed by atoms with van der Waals surface area (Å²) in [4.78, 5) is 19.6. The Morgan fingerprint density at radius 2 is 1.86 bits per heavy atom. The molecule has 1 aromatic heterocycles. The maximum atomic E-state index is 13.6. The molecule has 0 bridgehead atoms. The van der Waals surface area contributed by atoms with E-state index in [1.54, 1.807) is 30.0 Å². The highest BCUT2D eigenvalue weighted by atomic mass is 32.2. The average Bonchev–Trinajstić information content (AvgIpc) is 3.43. The minimum atomic E-state index is -5.75. The van der Waals surface area contributed by atoms with Crippen LogP contribution in [0.5, 0.6) is 5.75 Å². The SMILES string of the molecule is Cc1nc(-c2cccc(N(CCCCC3CNCc4cc(OS(=O)(=O)C(F)(F)F)ccc43)C(=O)c3ccccc3)c2)no1. The van der Waals surface area contributed by atoms with E-state index in [1.807, 2.05) is 42.5 Å². The molecule has 9 nitrogen and oxygen atoms in total. The molecular weight excluding hydrogens is 585 g/mol. The van der Waals surface area contributed by atoms with Crippen LogP contribution >= 0.6 is 0 Å². The number of aryl methyl sites for hydroxylation is 1. The van der Waals surface area contributed by atoms with Gasteiger partial charge in [-0.3, -0.25) is 4.79 Å². The zero-order valence-electron chi connectivity index (χ0n) is 23.2. The van der Waals surface area contributed by atoms with Crippen molar-refractivity contribution in [1.29, 1.82) is 0 Å². The molecule has 4 aromatic rings. The van der Waals surface area contributed by atoms with Crippen molar-refractivity contribution in [3.8, 4) is 17.1 Å². The Balaban J connectivity index is 1.28. The van der Waals surface area contributed by atoms with Crippen LogP contribution in [0, 0.1) is 6.92 Å². The summed E-state index contributed by atoms with van der Waals surface area (Å²) in [6.07, 6.45) is 2.19. The first-order chi connectivity index (χ1) is 20.5. The highest BCUT2D eigenvalue weighted by molar-refractivity contribution is 7.88. The van der Waals surface area contributed by atoms with E-state index in [0.717, 1.165) is 24.0 Å². The van der Waals surface area contributed by atoms with Crippen LogP contribution in [-0.2, 0) is 16.7 Å². The molecule has 1 aliphatic heterocycles. The molecule has 0 saturated heterocycles. The number of nitrogens with zero attached hydrogens (tertiary/aromatic N) is 3. The van der Waals surface area contributed by atoms with E-state index in [2.05, 4.69) is 19.6 Å².